The Hall–Kier alpha value is -0.590. The van der Waals surface area contributed by atoms with Crippen molar-refractivity contribution < 1.29 is 4.79 Å². The van der Waals surface area contributed by atoms with E-state index in [1.807, 2.05) is 0 Å². The first-order valence-corrected chi connectivity index (χ1v) is 6.63. The molecule has 0 N–H and O–H groups in total. The molecule has 0 radical (unpaired) electrons. The van der Waals surface area contributed by atoms with Crippen molar-refractivity contribution in [2.45, 2.75) is 52.4 Å². The monoisotopic (exact) mass is 218 g/mol. The van der Waals surface area contributed by atoms with Gasteiger partial charge in [0, 0.05) is 5.41 Å². The van der Waals surface area contributed by atoms with Crippen LogP contribution in [0.2, 0.25) is 0 Å². The van der Waals surface area contributed by atoms with Crippen molar-refractivity contribution in [1.29, 1.82) is 0 Å². The van der Waals surface area contributed by atoms with Gasteiger partial charge >= 0.3 is 0 Å². The Morgan fingerprint density at radius 1 is 1.31 bits per heavy atom. The molecule has 0 amide bonds. The summed E-state index contributed by atoms with van der Waals surface area (Å²) in [4.78, 5) is 11.8. The Balaban J connectivity index is 2.20. The third kappa shape index (κ3) is 0.846. The lowest BCUT2D eigenvalue weighted by Crippen LogP contribution is -2.41. The van der Waals surface area contributed by atoms with E-state index < -0.39 is 0 Å². The second-order valence-electron chi connectivity index (χ2n) is 6.82. The van der Waals surface area contributed by atoms with E-state index in [1.165, 1.54) is 37.5 Å². The standard InChI is InChI=1S/C15H22O/c1-11-5-8-13(2)9-12(11)15(10-16)7-4-6-14(13,15)3/h10,12H,1,4-9H2,2-3H3. The summed E-state index contributed by atoms with van der Waals surface area (Å²) < 4.78 is 0. The molecule has 1 nitrogen and oxygen atoms in total. The van der Waals surface area contributed by atoms with E-state index in [-0.39, 0.29) is 10.8 Å². The summed E-state index contributed by atoms with van der Waals surface area (Å²) >= 11 is 0. The van der Waals surface area contributed by atoms with Gasteiger partial charge in [-0.15, -0.1) is 0 Å². The number of allylic oxidation sites excluding steroid dienone is 1. The molecular weight excluding hydrogens is 196 g/mol. The fourth-order valence-electron chi connectivity index (χ4n) is 5.29. The van der Waals surface area contributed by atoms with Gasteiger partial charge in [0.25, 0.3) is 0 Å². The van der Waals surface area contributed by atoms with Crippen molar-refractivity contribution in [2.75, 3.05) is 0 Å². The van der Waals surface area contributed by atoms with Gasteiger partial charge in [-0.1, -0.05) is 32.4 Å². The van der Waals surface area contributed by atoms with E-state index in [4.69, 9.17) is 0 Å². The Bertz CT molecular complexity index is 372. The molecule has 3 rings (SSSR count). The largest absolute Gasteiger partial charge is 0.303 e. The lowest BCUT2D eigenvalue weighted by atomic mass is 9.59. The molecule has 3 fully saturated rings. The maximum absolute atomic E-state index is 11.8. The second-order valence-corrected chi connectivity index (χ2v) is 6.82. The summed E-state index contributed by atoms with van der Waals surface area (Å²) in [7, 11) is 0. The Morgan fingerprint density at radius 3 is 2.75 bits per heavy atom. The van der Waals surface area contributed by atoms with Gasteiger partial charge in [0.15, 0.2) is 0 Å². The minimum absolute atomic E-state index is 0.0602. The highest BCUT2D eigenvalue weighted by molar-refractivity contribution is 5.66. The van der Waals surface area contributed by atoms with Crippen LogP contribution in [0.5, 0.6) is 0 Å². The van der Waals surface area contributed by atoms with Gasteiger partial charge in [0.1, 0.15) is 6.29 Å². The number of fused-ring (bicyclic) bond motifs is 5. The molecule has 16 heavy (non-hydrogen) atoms. The highest BCUT2D eigenvalue weighted by atomic mass is 16.1. The summed E-state index contributed by atoms with van der Waals surface area (Å²) in [5, 5.41) is 0. The smallest absolute Gasteiger partial charge is 0.127 e. The fourth-order valence-corrected chi connectivity index (χ4v) is 5.29. The van der Waals surface area contributed by atoms with Crippen molar-refractivity contribution in [3.8, 4) is 0 Å². The fraction of sp³-hybridized carbons (Fsp3) is 0.800. The topological polar surface area (TPSA) is 17.1 Å². The van der Waals surface area contributed by atoms with Crippen molar-refractivity contribution in [1.82, 2.24) is 0 Å². The molecule has 3 aliphatic carbocycles. The van der Waals surface area contributed by atoms with E-state index >= 15 is 0 Å². The molecular formula is C15H22O. The van der Waals surface area contributed by atoms with E-state index in [2.05, 4.69) is 20.4 Å². The van der Waals surface area contributed by atoms with Crippen LogP contribution in [0.3, 0.4) is 0 Å². The van der Waals surface area contributed by atoms with Crippen molar-refractivity contribution >= 4 is 6.29 Å². The highest BCUT2D eigenvalue weighted by Crippen LogP contribution is 2.76. The van der Waals surface area contributed by atoms with Gasteiger partial charge in [0.2, 0.25) is 0 Å². The Labute approximate surface area is 98.3 Å². The molecule has 0 aromatic rings. The predicted molar refractivity (Wildman–Crippen MR) is 65.0 cm³/mol. The van der Waals surface area contributed by atoms with Gasteiger partial charge < -0.3 is 4.79 Å². The maximum atomic E-state index is 11.8. The molecule has 3 aliphatic rings. The lowest BCUT2D eigenvalue weighted by molar-refractivity contribution is -0.123. The number of hydrogen-bond donors (Lipinski definition) is 0. The van der Waals surface area contributed by atoms with Crippen molar-refractivity contribution in [2.24, 2.45) is 22.2 Å². The van der Waals surface area contributed by atoms with Crippen LogP contribution in [0.25, 0.3) is 0 Å². The Kier molecular flexibility index (Phi) is 1.85. The molecule has 0 aromatic heterocycles. The molecule has 0 aliphatic heterocycles. The molecule has 0 aromatic carbocycles. The van der Waals surface area contributed by atoms with Crippen LogP contribution in [-0.2, 0) is 4.79 Å². The molecule has 2 bridgehead atoms. The number of rotatable bonds is 1. The van der Waals surface area contributed by atoms with Crippen molar-refractivity contribution in [3.63, 3.8) is 0 Å². The average Bonchev–Trinajstić information content (AvgIpc) is 2.67. The SMILES string of the molecule is C=C1CCC2(C)CC1C1(C=O)CCCC21C. The third-order valence-electron chi connectivity index (χ3n) is 6.60. The van der Waals surface area contributed by atoms with Crippen LogP contribution < -0.4 is 0 Å². The predicted octanol–water partition coefficient (Wildman–Crippen LogP) is 3.74. The van der Waals surface area contributed by atoms with E-state index in [0.29, 0.717) is 11.3 Å². The second kappa shape index (κ2) is 2.80. The molecule has 1 heteroatoms. The van der Waals surface area contributed by atoms with Crippen LogP contribution in [0.1, 0.15) is 52.4 Å². The van der Waals surface area contributed by atoms with Crippen LogP contribution >= 0.6 is 0 Å². The van der Waals surface area contributed by atoms with E-state index in [0.717, 1.165) is 12.8 Å². The normalized spacial score (nSPS) is 55.1. The van der Waals surface area contributed by atoms with Crippen LogP contribution in [-0.4, -0.2) is 6.29 Å². The molecule has 0 spiro atoms. The quantitative estimate of drug-likeness (QED) is 0.484. The first-order chi connectivity index (χ1) is 7.49. The van der Waals surface area contributed by atoms with Gasteiger partial charge in [-0.3, -0.25) is 0 Å². The van der Waals surface area contributed by atoms with E-state index in [9.17, 15) is 4.79 Å². The molecule has 88 valence electrons. The van der Waals surface area contributed by atoms with Gasteiger partial charge in [-0.2, -0.15) is 0 Å². The zero-order valence-electron chi connectivity index (χ0n) is 10.5. The number of carbonyl (C=O) groups is 1. The Morgan fingerprint density at radius 2 is 2.06 bits per heavy atom. The lowest BCUT2D eigenvalue weighted by Gasteiger charge is -2.44. The van der Waals surface area contributed by atoms with Crippen LogP contribution in [0.4, 0.5) is 0 Å². The van der Waals surface area contributed by atoms with Gasteiger partial charge in [-0.25, -0.2) is 0 Å². The molecule has 0 saturated heterocycles. The highest BCUT2D eigenvalue weighted by Gasteiger charge is 2.70. The number of hydrogen-bond acceptors (Lipinski definition) is 1. The molecule has 0 heterocycles. The van der Waals surface area contributed by atoms with Gasteiger partial charge in [-0.05, 0) is 48.9 Å². The average molecular weight is 218 g/mol. The number of aldehydes is 1. The summed E-state index contributed by atoms with van der Waals surface area (Å²) in [6.45, 7) is 9.05. The van der Waals surface area contributed by atoms with E-state index in [1.54, 1.807) is 0 Å². The third-order valence-corrected chi connectivity index (χ3v) is 6.60. The van der Waals surface area contributed by atoms with Crippen LogP contribution in [0, 0.1) is 22.2 Å². The summed E-state index contributed by atoms with van der Waals surface area (Å²) in [5.74, 6) is 0.483. The van der Waals surface area contributed by atoms with Crippen molar-refractivity contribution in [3.05, 3.63) is 12.2 Å². The molecule has 4 atom stereocenters. The minimum Gasteiger partial charge on any atom is -0.303 e. The molecule has 3 saturated carbocycles. The maximum Gasteiger partial charge on any atom is 0.127 e. The summed E-state index contributed by atoms with van der Waals surface area (Å²) in [6.07, 6.45) is 8.49. The van der Waals surface area contributed by atoms with Gasteiger partial charge in [0.05, 0.1) is 0 Å². The first kappa shape index (κ1) is 10.6. The summed E-state index contributed by atoms with van der Waals surface area (Å²) in [5.41, 5.74) is 1.92. The zero-order chi connectivity index (χ0) is 11.6. The minimum atomic E-state index is -0.0602. The summed E-state index contributed by atoms with van der Waals surface area (Å²) in [6, 6.07) is 0. The number of carbonyl (C=O) groups excluding carboxylic acids is 1. The zero-order valence-corrected chi connectivity index (χ0v) is 10.5. The first-order valence-electron chi connectivity index (χ1n) is 6.63. The van der Waals surface area contributed by atoms with Crippen LogP contribution in [0.15, 0.2) is 12.2 Å². The molecule has 4 unspecified atom stereocenters.